The summed E-state index contributed by atoms with van der Waals surface area (Å²) in [5.74, 6) is 2.02. The highest BCUT2D eigenvalue weighted by Gasteiger charge is 2.19. The normalized spacial score (nSPS) is 13.5. The van der Waals surface area contributed by atoms with Crippen molar-refractivity contribution in [2.45, 2.75) is 58.2 Å². The van der Waals surface area contributed by atoms with Crippen LogP contribution >= 0.6 is 23.1 Å². The highest BCUT2D eigenvalue weighted by atomic mass is 32.2. The molecule has 0 radical (unpaired) electrons. The summed E-state index contributed by atoms with van der Waals surface area (Å²) in [4.78, 5) is 38.2. The Morgan fingerprint density at radius 3 is 2.94 bits per heavy atom. The Hall–Kier alpha value is -2.58. The Kier molecular flexibility index (Phi) is 6.29. The Morgan fingerprint density at radius 2 is 2.06 bits per heavy atom. The Bertz CT molecular complexity index is 1400. The predicted octanol–water partition coefficient (Wildman–Crippen LogP) is 4.90. The van der Waals surface area contributed by atoms with Crippen molar-refractivity contribution in [2.24, 2.45) is 0 Å². The number of aryl methyl sites for hydroxylation is 4. The number of H-pyrrole nitrogens is 2. The zero-order valence-corrected chi connectivity index (χ0v) is 20.6. The number of aromatic amines is 2. The maximum Gasteiger partial charge on any atom is 0.259 e. The second kappa shape index (κ2) is 9.35. The van der Waals surface area contributed by atoms with Crippen molar-refractivity contribution >= 4 is 50.1 Å². The molecule has 3 N–H and O–H groups in total. The first-order valence-corrected chi connectivity index (χ1v) is 13.4. The molecule has 3 heterocycles. The average molecular weight is 481 g/mol. The molecule has 1 aromatic carbocycles. The molecule has 1 amide bonds. The van der Waals surface area contributed by atoms with Crippen LogP contribution in [0.4, 0.5) is 0 Å². The lowest BCUT2D eigenvalue weighted by Crippen LogP contribution is -2.23. The van der Waals surface area contributed by atoms with E-state index in [1.54, 1.807) is 23.1 Å². The van der Waals surface area contributed by atoms with Crippen LogP contribution in [0.5, 0.6) is 0 Å². The number of nitrogens with zero attached hydrogens (tertiary/aromatic N) is 1. The van der Waals surface area contributed by atoms with Crippen LogP contribution in [0, 0.1) is 13.8 Å². The highest BCUT2D eigenvalue weighted by Crippen LogP contribution is 2.33. The van der Waals surface area contributed by atoms with Gasteiger partial charge in [0.1, 0.15) is 10.7 Å². The van der Waals surface area contributed by atoms with Crippen molar-refractivity contribution in [3.63, 3.8) is 0 Å². The number of hydrogen-bond donors (Lipinski definition) is 3. The van der Waals surface area contributed by atoms with Crippen LogP contribution in [0.15, 0.2) is 23.0 Å². The van der Waals surface area contributed by atoms with E-state index in [1.165, 1.54) is 33.5 Å². The summed E-state index contributed by atoms with van der Waals surface area (Å²) in [5, 5.41) is 5.02. The van der Waals surface area contributed by atoms with Gasteiger partial charge in [-0.3, -0.25) is 9.59 Å². The molecule has 5 rings (SSSR count). The number of hydrogen-bond acceptors (Lipinski definition) is 5. The standard InChI is InChI=1S/C25H28N4O2S2/c1-14-15(2)27-19-8-7-16(11-18(14)19)12-26-22(30)9-10-32-13-21-28-24(31)23-17-5-3-4-6-20(17)33-25(23)29-21/h7-8,11,27H,3-6,9-10,12-13H2,1-2H3,(H,26,30)(H,28,29,31). The van der Waals surface area contributed by atoms with Crippen molar-refractivity contribution in [3.8, 4) is 0 Å². The van der Waals surface area contributed by atoms with E-state index in [4.69, 9.17) is 4.98 Å². The first-order valence-electron chi connectivity index (χ1n) is 11.5. The molecule has 8 heteroatoms. The van der Waals surface area contributed by atoms with E-state index in [-0.39, 0.29) is 11.5 Å². The van der Waals surface area contributed by atoms with E-state index in [0.29, 0.717) is 30.3 Å². The summed E-state index contributed by atoms with van der Waals surface area (Å²) < 4.78 is 0. The van der Waals surface area contributed by atoms with Gasteiger partial charge in [0.2, 0.25) is 5.91 Å². The van der Waals surface area contributed by atoms with Gasteiger partial charge in [-0.2, -0.15) is 11.8 Å². The summed E-state index contributed by atoms with van der Waals surface area (Å²) in [6.07, 6.45) is 4.84. The Morgan fingerprint density at radius 1 is 1.21 bits per heavy atom. The zero-order valence-electron chi connectivity index (χ0n) is 19.0. The molecular formula is C25H28N4O2S2. The van der Waals surface area contributed by atoms with Gasteiger partial charge in [0, 0.05) is 40.2 Å². The minimum Gasteiger partial charge on any atom is -0.358 e. The number of nitrogens with one attached hydrogen (secondary N) is 3. The molecule has 0 atom stereocenters. The molecule has 0 fully saturated rings. The molecule has 3 aromatic heterocycles. The number of thiophene rings is 1. The quantitative estimate of drug-likeness (QED) is 0.328. The van der Waals surface area contributed by atoms with Gasteiger partial charge in [0.25, 0.3) is 5.56 Å². The first kappa shape index (κ1) is 22.2. The van der Waals surface area contributed by atoms with Gasteiger partial charge in [-0.05, 0) is 68.4 Å². The van der Waals surface area contributed by atoms with E-state index in [9.17, 15) is 9.59 Å². The summed E-state index contributed by atoms with van der Waals surface area (Å²) in [6.45, 7) is 4.71. The van der Waals surface area contributed by atoms with E-state index in [2.05, 4.69) is 41.3 Å². The molecule has 33 heavy (non-hydrogen) atoms. The van der Waals surface area contributed by atoms with Crippen molar-refractivity contribution in [2.75, 3.05) is 5.75 Å². The third-order valence-corrected chi connectivity index (χ3v) is 8.60. The molecule has 0 unspecified atom stereocenters. The highest BCUT2D eigenvalue weighted by molar-refractivity contribution is 7.98. The Labute approximate surface area is 200 Å². The second-order valence-corrected chi connectivity index (χ2v) is 10.9. The number of fused-ring (bicyclic) bond motifs is 4. The van der Waals surface area contributed by atoms with Gasteiger partial charge in [-0.25, -0.2) is 4.98 Å². The van der Waals surface area contributed by atoms with Crippen molar-refractivity contribution in [1.82, 2.24) is 20.3 Å². The van der Waals surface area contributed by atoms with Gasteiger partial charge < -0.3 is 15.3 Å². The summed E-state index contributed by atoms with van der Waals surface area (Å²) >= 11 is 3.29. The van der Waals surface area contributed by atoms with Gasteiger partial charge in [0.15, 0.2) is 0 Å². The molecule has 4 aromatic rings. The largest absolute Gasteiger partial charge is 0.358 e. The van der Waals surface area contributed by atoms with E-state index < -0.39 is 0 Å². The number of carbonyl (C=O) groups is 1. The van der Waals surface area contributed by atoms with Crippen molar-refractivity contribution in [3.05, 3.63) is 61.6 Å². The fourth-order valence-corrected chi connectivity index (χ4v) is 6.60. The van der Waals surface area contributed by atoms with Crippen LogP contribution in [0.1, 0.15) is 52.3 Å². The van der Waals surface area contributed by atoms with Crippen LogP contribution in [-0.4, -0.2) is 26.6 Å². The molecular weight excluding hydrogens is 452 g/mol. The van der Waals surface area contributed by atoms with E-state index in [1.807, 2.05) is 6.07 Å². The van der Waals surface area contributed by atoms with E-state index in [0.717, 1.165) is 40.6 Å². The number of aromatic nitrogens is 3. The fraction of sp³-hybridized carbons (Fsp3) is 0.400. The monoisotopic (exact) mass is 480 g/mol. The molecule has 0 saturated heterocycles. The maximum atomic E-state index is 12.6. The SMILES string of the molecule is Cc1[nH]c2ccc(CNC(=O)CCSCc3nc4sc5c(c4c(=O)[nH]3)CCCC5)cc2c1C. The van der Waals surface area contributed by atoms with Crippen molar-refractivity contribution in [1.29, 1.82) is 0 Å². The molecule has 172 valence electrons. The number of carbonyl (C=O) groups excluding carboxylic acids is 1. The lowest BCUT2D eigenvalue weighted by atomic mass is 9.97. The van der Waals surface area contributed by atoms with E-state index >= 15 is 0 Å². The maximum absolute atomic E-state index is 12.6. The average Bonchev–Trinajstić information content (AvgIpc) is 3.32. The summed E-state index contributed by atoms with van der Waals surface area (Å²) in [7, 11) is 0. The third kappa shape index (κ3) is 4.59. The van der Waals surface area contributed by atoms with Crippen LogP contribution in [0.3, 0.4) is 0 Å². The Balaban J connectivity index is 1.12. The summed E-state index contributed by atoms with van der Waals surface area (Å²) in [5.41, 5.74) is 5.85. The van der Waals surface area contributed by atoms with Crippen LogP contribution < -0.4 is 10.9 Å². The minimum atomic E-state index is -0.0161. The lowest BCUT2D eigenvalue weighted by molar-refractivity contribution is -0.120. The zero-order chi connectivity index (χ0) is 22.9. The van der Waals surface area contributed by atoms with Crippen LogP contribution in [-0.2, 0) is 29.9 Å². The van der Waals surface area contributed by atoms with Gasteiger partial charge in [0.05, 0.1) is 11.1 Å². The molecule has 0 saturated carbocycles. The smallest absolute Gasteiger partial charge is 0.259 e. The molecule has 6 nitrogen and oxygen atoms in total. The van der Waals surface area contributed by atoms with Gasteiger partial charge in [-0.1, -0.05) is 6.07 Å². The number of amides is 1. The van der Waals surface area contributed by atoms with Gasteiger partial charge >= 0.3 is 0 Å². The lowest BCUT2D eigenvalue weighted by Gasteiger charge is -2.09. The number of rotatable bonds is 7. The third-order valence-electron chi connectivity index (χ3n) is 6.45. The second-order valence-electron chi connectivity index (χ2n) is 8.74. The number of thioether (sulfide) groups is 1. The topological polar surface area (TPSA) is 90.6 Å². The minimum absolute atomic E-state index is 0.0161. The molecule has 1 aliphatic carbocycles. The fourth-order valence-electron chi connectivity index (χ4n) is 4.52. The molecule has 1 aliphatic rings. The predicted molar refractivity (Wildman–Crippen MR) is 137 cm³/mol. The molecule has 0 bridgehead atoms. The van der Waals surface area contributed by atoms with Crippen molar-refractivity contribution < 1.29 is 4.79 Å². The van der Waals surface area contributed by atoms with Crippen LogP contribution in [0.25, 0.3) is 21.1 Å². The van der Waals surface area contributed by atoms with Gasteiger partial charge in [-0.15, -0.1) is 11.3 Å². The summed E-state index contributed by atoms with van der Waals surface area (Å²) in [6, 6.07) is 6.26. The number of benzene rings is 1. The van der Waals surface area contributed by atoms with Crippen LogP contribution in [0.2, 0.25) is 0 Å². The molecule has 0 spiro atoms. The molecule has 0 aliphatic heterocycles. The first-order chi connectivity index (χ1) is 16.0.